The predicted molar refractivity (Wildman–Crippen MR) is 78.0 cm³/mol. The molecule has 0 unspecified atom stereocenters. The highest BCUT2D eigenvalue weighted by molar-refractivity contribution is 5.57. The van der Waals surface area contributed by atoms with E-state index in [0.717, 1.165) is 6.07 Å². The summed E-state index contributed by atoms with van der Waals surface area (Å²) >= 11 is 0. The van der Waals surface area contributed by atoms with Gasteiger partial charge in [0.1, 0.15) is 12.2 Å². The van der Waals surface area contributed by atoms with Crippen LogP contribution >= 0.6 is 0 Å². The zero-order valence-corrected chi connectivity index (χ0v) is 12.7. The van der Waals surface area contributed by atoms with E-state index in [1.54, 1.807) is 13.2 Å². The summed E-state index contributed by atoms with van der Waals surface area (Å²) < 4.78 is 44.2. The highest BCUT2D eigenvalue weighted by Gasteiger charge is 2.37. The summed E-state index contributed by atoms with van der Waals surface area (Å²) in [6.07, 6.45) is -2.66. The number of nitriles is 1. The maximum absolute atomic E-state index is 13.0. The van der Waals surface area contributed by atoms with Crippen LogP contribution in [0.3, 0.4) is 0 Å². The zero-order valence-electron chi connectivity index (χ0n) is 12.7. The molecule has 2 atom stereocenters. The number of halogens is 3. The van der Waals surface area contributed by atoms with Gasteiger partial charge in [-0.25, -0.2) is 4.98 Å². The monoisotopic (exact) mass is 337 g/mol. The van der Waals surface area contributed by atoms with Crippen LogP contribution in [0.25, 0.3) is 0 Å². The largest absolute Gasteiger partial charge is 0.417 e. The minimum Gasteiger partial charge on any atom is -0.380 e. The van der Waals surface area contributed by atoms with Crippen molar-refractivity contribution in [1.29, 1.82) is 5.26 Å². The SMILES string of the molecule is CO[C@@H]1C[C@@H](c2ncn[nH]2)N(c2ccc(C(F)(F)F)c(C#N)c2)C1. The van der Waals surface area contributed by atoms with Crippen molar-refractivity contribution in [3.05, 3.63) is 41.5 Å². The van der Waals surface area contributed by atoms with E-state index in [2.05, 4.69) is 15.2 Å². The fraction of sp³-hybridized carbons (Fsp3) is 0.400. The number of methoxy groups -OCH3 is 1. The molecule has 1 fully saturated rings. The van der Waals surface area contributed by atoms with E-state index >= 15 is 0 Å². The summed E-state index contributed by atoms with van der Waals surface area (Å²) in [5.41, 5.74) is -0.829. The number of rotatable bonds is 3. The van der Waals surface area contributed by atoms with E-state index in [4.69, 9.17) is 10.00 Å². The second-order valence-electron chi connectivity index (χ2n) is 5.47. The number of hydrogen-bond acceptors (Lipinski definition) is 5. The number of alkyl halides is 3. The van der Waals surface area contributed by atoms with Crippen LogP contribution in [0, 0.1) is 11.3 Å². The van der Waals surface area contributed by atoms with Crippen molar-refractivity contribution in [2.75, 3.05) is 18.6 Å². The van der Waals surface area contributed by atoms with Crippen LogP contribution in [0.5, 0.6) is 0 Å². The third-order valence-corrected chi connectivity index (χ3v) is 4.11. The molecule has 24 heavy (non-hydrogen) atoms. The number of hydrogen-bond donors (Lipinski definition) is 1. The first kappa shape index (κ1) is 16.3. The van der Waals surface area contributed by atoms with Gasteiger partial charge < -0.3 is 9.64 Å². The quantitative estimate of drug-likeness (QED) is 0.932. The Morgan fingerprint density at radius 1 is 1.42 bits per heavy atom. The molecule has 0 amide bonds. The van der Waals surface area contributed by atoms with Gasteiger partial charge in [0.05, 0.1) is 29.3 Å². The Labute approximate surface area is 135 Å². The molecule has 9 heteroatoms. The molecule has 1 N–H and O–H groups in total. The van der Waals surface area contributed by atoms with E-state index in [1.807, 2.05) is 4.90 Å². The second kappa shape index (κ2) is 6.13. The van der Waals surface area contributed by atoms with Gasteiger partial charge in [0.2, 0.25) is 0 Å². The van der Waals surface area contributed by atoms with Gasteiger partial charge >= 0.3 is 6.18 Å². The fourth-order valence-electron chi connectivity index (χ4n) is 2.94. The van der Waals surface area contributed by atoms with Crippen molar-refractivity contribution in [3.8, 4) is 6.07 Å². The van der Waals surface area contributed by atoms with E-state index < -0.39 is 17.3 Å². The minimum atomic E-state index is -4.56. The zero-order chi connectivity index (χ0) is 17.3. The summed E-state index contributed by atoms with van der Waals surface area (Å²) in [5.74, 6) is 0.605. The predicted octanol–water partition coefficient (Wildman–Crippen LogP) is 2.66. The van der Waals surface area contributed by atoms with Gasteiger partial charge in [-0.1, -0.05) is 0 Å². The van der Waals surface area contributed by atoms with E-state index in [-0.39, 0.29) is 12.1 Å². The lowest BCUT2D eigenvalue weighted by atomic mass is 10.1. The summed E-state index contributed by atoms with van der Waals surface area (Å²) in [5, 5.41) is 15.7. The molecule has 126 valence electrons. The molecule has 2 aromatic rings. The Bertz CT molecular complexity index is 753. The van der Waals surface area contributed by atoms with Crippen LogP contribution in [0.2, 0.25) is 0 Å². The summed E-state index contributed by atoms with van der Waals surface area (Å²) in [6, 6.07) is 4.98. The van der Waals surface area contributed by atoms with Gasteiger partial charge in [-0.3, -0.25) is 5.10 Å². The van der Waals surface area contributed by atoms with Crippen LogP contribution < -0.4 is 4.90 Å². The van der Waals surface area contributed by atoms with Crippen LogP contribution in [0.15, 0.2) is 24.5 Å². The van der Waals surface area contributed by atoms with Gasteiger partial charge in [0, 0.05) is 25.8 Å². The van der Waals surface area contributed by atoms with Crippen molar-refractivity contribution in [3.63, 3.8) is 0 Å². The molecule has 2 heterocycles. The second-order valence-corrected chi connectivity index (χ2v) is 5.47. The lowest BCUT2D eigenvalue weighted by molar-refractivity contribution is -0.137. The number of aromatic amines is 1. The first-order valence-electron chi connectivity index (χ1n) is 7.20. The Kier molecular flexibility index (Phi) is 4.15. The Morgan fingerprint density at radius 3 is 2.79 bits per heavy atom. The Balaban J connectivity index is 1.99. The first-order chi connectivity index (χ1) is 11.4. The van der Waals surface area contributed by atoms with Crippen molar-refractivity contribution >= 4 is 5.69 Å². The third-order valence-electron chi connectivity index (χ3n) is 4.11. The normalized spacial score (nSPS) is 21.0. The number of nitrogens with one attached hydrogen (secondary N) is 1. The van der Waals surface area contributed by atoms with Gasteiger partial charge in [-0.15, -0.1) is 0 Å². The van der Waals surface area contributed by atoms with Crippen LogP contribution in [0.4, 0.5) is 18.9 Å². The highest BCUT2D eigenvalue weighted by atomic mass is 19.4. The molecule has 1 aromatic heterocycles. The Hall–Kier alpha value is -2.60. The molecule has 0 aliphatic carbocycles. The summed E-state index contributed by atoms with van der Waals surface area (Å²) in [7, 11) is 1.58. The highest BCUT2D eigenvalue weighted by Crippen LogP contribution is 2.38. The average Bonchev–Trinajstić information content (AvgIpc) is 3.22. The smallest absolute Gasteiger partial charge is 0.380 e. The molecule has 3 rings (SSSR count). The molecule has 0 spiro atoms. The number of aromatic nitrogens is 3. The maximum atomic E-state index is 13.0. The number of nitrogens with zero attached hydrogens (tertiary/aromatic N) is 4. The van der Waals surface area contributed by atoms with Gasteiger partial charge in [-0.2, -0.15) is 23.5 Å². The first-order valence-corrected chi connectivity index (χ1v) is 7.20. The molecule has 0 saturated carbocycles. The molecular formula is C15H14F3N5O. The number of benzene rings is 1. The van der Waals surface area contributed by atoms with Crippen molar-refractivity contribution in [2.24, 2.45) is 0 Å². The van der Waals surface area contributed by atoms with Crippen LogP contribution in [0.1, 0.15) is 29.4 Å². The Morgan fingerprint density at radius 2 is 2.21 bits per heavy atom. The molecule has 1 aliphatic heterocycles. The van der Waals surface area contributed by atoms with Crippen LogP contribution in [-0.4, -0.2) is 34.9 Å². The van der Waals surface area contributed by atoms with Crippen LogP contribution in [-0.2, 0) is 10.9 Å². The van der Waals surface area contributed by atoms with Gasteiger partial charge in [0.15, 0.2) is 0 Å². The topological polar surface area (TPSA) is 77.8 Å². The molecule has 0 radical (unpaired) electrons. The molecule has 1 aromatic carbocycles. The molecule has 1 saturated heterocycles. The number of anilines is 1. The summed E-state index contributed by atoms with van der Waals surface area (Å²) in [4.78, 5) is 6.00. The maximum Gasteiger partial charge on any atom is 0.417 e. The number of H-pyrrole nitrogens is 1. The molecular weight excluding hydrogens is 323 g/mol. The minimum absolute atomic E-state index is 0.0899. The lowest BCUT2D eigenvalue weighted by Gasteiger charge is -2.25. The molecule has 6 nitrogen and oxygen atoms in total. The van der Waals surface area contributed by atoms with E-state index in [0.29, 0.717) is 24.5 Å². The summed E-state index contributed by atoms with van der Waals surface area (Å²) in [6.45, 7) is 0.484. The average molecular weight is 337 g/mol. The molecule has 1 aliphatic rings. The standard InChI is InChI=1S/C15H14F3N5O/c1-24-11-5-13(14-20-8-21-22-14)23(7-11)10-2-3-12(15(16,17)18)9(4-10)6-19/h2-4,8,11,13H,5,7H2,1H3,(H,20,21,22)/t11-,13+/m1/s1. The molecule has 0 bridgehead atoms. The van der Waals surface area contributed by atoms with Crippen molar-refractivity contribution in [1.82, 2.24) is 15.2 Å². The van der Waals surface area contributed by atoms with Crippen molar-refractivity contribution in [2.45, 2.75) is 24.7 Å². The van der Waals surface area contributed by atoms with E-state index in [1.165, 1.54) is 18.5 Å². The van der Waals surface area contributed by atoms with Crippen molar-refractivity contribution < 1.29 is 17.9 Å². The van der Waals surface area contributed by atoms with Gasteiger partial charge in [0.25, 0.3) is 0 Å². The van der Waals surface area contributed by atoms with E-state index in [9.17, 15) is 13.2 Å². The lowest BCUT2D eigenvalue weighted by Crippen LogP contribution is -2.25. The number of ether oxygens (including phenoxy) is 1. The van der Waals surface area contributed by atoms with Gasteiger partial charge in [-0.05, 0) is 18.2 Å². The fourth-order valence-corrected chi connectivity index (χ4v) is 2.94. The third kappa shape index (κ3) is 2.92.